The smallest absolute Gasteiger partial charge is 0.282 e. The number of amides is 1. The molecule has 0 fully saturated rings. The fraction of sp³-hybridized carbons (Fsp3) is 0.120. The van der Waals surface area contributed by atoms with E-state index < -0.39 is 0 Å². The Kier molecular flexibility index (Phi) is 5.81. The summed E-state index contributed by atoms with van der Waals surface area (Å²) in [5.41, 5.74) is 4.12. The summed E-state index contributed by atoms with van der Waals surface area (Å²) in [5, 5.41) is 0. The molecule has 1 amide bonds. The number of hydrogen-bond donors (Lipinski definition) is 0. The number of carbonyl (C=O) groups excluding carboxylic acids is 1. The van der Waals surface area contributed by atoms with Gasteiger partial charge in [-0.2, -0.15) is 0 Å². The molecule has 0 aliphatic carbocycles. The van der Waals surface area contributed by atoms with Gasteiger partial charge in [-0.3, -0.25) is 9.69 Å². The Morgan fingerprint density at radius 1 is 0.967 bits per heavy atom. The molecule has 0 radical (unpaired) electrons. The van der Waals surface area contributed by atoms with Gasteiger partial charge in [0.1, 0.15) is 17.3 Å². The molecule has 0 saturated heterocycles. The Labute approximate surface area is 184 Å². The highest BCUT2D eigenvalue weighted by Crippen LogP contribution is 2.29. The number of aryl methyl sites for hydroxylation is 1. The second kappa shape index (κ2) is 8.67. The molecule has 5 heteroatoms. The highest BCUT2D eigenvalue weighted by Gasteiger charge is 2.32. The molecule has 0 bridgehead atoms. The van der Waals surface area contributed by atoms with Crippen LogP contribution >= 0.6 is 15.9 Å². The van der Waals surface area contributed by atoms with Gasteiger partial charge in [-0.15, -0.1) is 0 Å². The summed E-state index contributed by atoms with van der Waals surface area (Å²) in [4.78, 5) is 19.7. The van der Waals surface area contributed by atoms with Gasteiger partial charge < -0.3 is 4.74 Å². The molecule has 1 aliphatic heterocycles. The normalized spacial score (nSPS) is 14.9. The average Bonchev–Trinajstić information content (AvgIpc) is 3.07. The number of carbonyl (C=O) groups is 1. The maximum absolute atomic E-state index is 13.3. The van der Waals surface area contributed by atoms with E-state index in [9.17, 15) is 4.79 Å². The zero-order valence-corrected chi connectivity index (χ0v) is 18.4. The van der Waals surface area contributed by atoms with Gasteiger partial charge in [-0.1, -0.05) is 57.9 Å². The minimum absolute atomic E-state index is 0.155. The minimum atomic E-state index is -0.155. The van der Waals surface area contributed by atoms with Gasteiger partial charge in [0.15, 0.2) is 0 Å². The third-order valence-corrected chi connectivity index (χ3v) is 5.28. The molecule has 0 aromatic heterocycles. The number of rotatable bonds is 5. The molecule has 0 unspecified atom stereocenters. The summed E-state index contributed by atoms with van der Waals surface area (Å²) >= 11 is 3.44. The molecule has 4 rings (SSSR count). The Morgan fingerprint density at radius 2 is 1.63 bits per heavy atom. The molecule has 1 aliphatic rings. The highest BCUT2D eigenvalue weighted by atomic mass is 79.9. The Morgan fingerprint density at radius 3 is 2.27 bits per heavy atom. The molecule has 3 aromatic rings. The second-order valence-electron chi connectivity index (χ2n) is 6.95. The van der Waals surface area contributed by atoms with Gasteiger partial charge in [0.25, 0.3) is 5.91 Å². The first kappa shape index (κ1) is 20.1. The van der Waals surface area contributed by atoms with Crippen LogP contribution in [-0.4, -0.2) is 18.3 Å². The predicted octanol–water partition coefficient (Wildman–Crippen LogP) is 5.99. The van der Waals surface area contributed by atoms with E-state index in [0.717, 1.165) is 32.6 Å². The van der Waals surface area contributed by atoms with Gasteiger partial charge in [-0.25, -0.2) is 4.99 Å². The van der Waals surface area contributed by atoms with Crippen LogP contribution in [-0.2, 0) is 4.79 Å². The Hall–Kier alpha value is -3.18. The van der Waals surface area contributed by atoms with E-state index >= 15 is 0 Å². The zero-order chi connectivity index (χ0) is 21.1. The van der Waals surface area contributed by atoms with Crippen LogP contribution in [0.4, 0.5) is 5.69 Å². The first-order valence-corrected chi connectivity index (χ1v) is 10.5. The van der Waals surface area contributed by atoms with E-state index in [1.54, 1.807) is 4.90 Å². The molecule has 1 heterocycles. The van der Waals surface area contributed by atoms with Crippen LogP contribution in [0.5, 0.6) is 5.75 Å². The molecule has 150 valence electrons. The Bertz CT molecular complexity index is 1120. The first-order valence-electron chi connectivity index (χ1n) is 9.75. The minimum Gasteiger partial charge on any atom is -0.494 e. The highest BCUT2D eigenvalue weighted by molar-refractivity contribution is 9.10. The summed E-state index contributed by atoms with van der Waals surface area (Å²) in [5.74, 6) is 1.23. The quantitative estimate of drug-likeness (QED) is 0.438. The van der Waals surface area contributed by atoms with Crippen LogP contribution in [0, 0.1) is 6.92 Å². The number of anilines is 1. The maximum Gasteiger partial charge on any atom is 0.282 e. The van der Waals surface area contributed by atoms with Crippen molar-refractivity contribution < 1.29 is 9.53 Å². The molecule has 3 aromatic carbocycles. The van der Waals surface area contributed by atoms with Crippen molar-refractivity contribution in [2.45, 2.75) is 13.8 Å². The van der Waals surface area contributed by atoms with E-state index in [0.29, 0.717) is 18.1 Å². The van der Waals surface area contributed by atoms with Crippen LogP contribution in [0.2, 0.25) is 0 Å². The van der Waals surface area contributed by atoms with E-state index in [-0.39, 0.29) is 5.91 Å². The van der Waals surface area contributed by atoms with Crippen LogP contribution < -0.4 is 9.64 Å². The SMILES string of the molecule is CCOc1ccc(N2C(=O)/C(=C/c3ccc(Br)cc3)N=C2c2ccc(C)cc2)cc1. The number of ether oxygens (including phenoxy) is 1. The van der Waals surface area contributed by atoms with Gasteiger partial charge in [-0.05, 0) is 61.9 Å². The summed E-state index contributed by atoms with van der Waals surface area (Å²) < 4.78 is 6.52. The van der Waals surface area contributed by atoms with E-state index in [4.69, 9.17) is 9.73 Å². The lowest BCUT2D eigenvalue weighted by Crippen LogP contribution is -2.32. The van der Waals surface area contributed by atoms with Crippen LogP contribution in [0.3, 0.4) is 0 Å². The first-order chi connectivity index (χ1) is 14.5. The summed E-state index contributed by atoms with van der Waals surface area (Å²) in [6, 6.07) is 23.3. The average molecular weight is 461 g/mol. The number of aliphatic imine (C=N–C) groups is 1. The van der Waals surface area contributed by atoms with Crippen LogP contribution in [0.25, 0.3) is 6.08 Å². The topological polar surface area (TPSA) is 41.9 Å². The largest absolute Gasteiger partial charge is 0.494 e. The Balaban J connectivity index is 1.76. The van der Waals surface area contributed by atoms with Crippen molar-refractivity contribution in [2.75, 3.05) is 11.5 Å². The molecule has 4 nitrogen and oxygen atoms in total. The van der Waals surface area contributed by atoms with Crippen molar-refractivity contribution >= 4 is 39.4 Å². The number of benzene rings is 3. The van der Waals surface area contributed by atoms with Gasteiger partial charge in [0, 0.05) is 10.0 Å². The lowest BCUT2D eigenvalue weighted by Gasteiger charge is -2.19. The molecule has 0 atom stereocenters. The molecule has 0 spiro atoms. The summed E-state index contributed by atoms with van der Waals surface area (Å²) in [6.07, 6.45) is 1.82. The lowest BCUT2D eigenvalue weighted by molar-refractivity contribution is -0.113. The predicted molar refractivity (Wildman–Crippen MR) is 125 cm³/mol. The number of halogens is 1. The molecule has 30 heavy (non-hydrogen) atoms. The van der Waals surface area contributed by atoms with Crippen molar-refractivity contribution in [3.8, 4) is 5.75 Å². The van der Waals surface area contributed by atoms with Crippen molar-refractivity contribution in [3.63, 3.8) is 0 Å². The van der Waals surface area contributed by atoms with E-state index in [1.807, 2.05) is 92.7 Å². The molecular formula is C25H21BrN2O2. The molecule has 0 N–H and O–H groups in total. The number of amidine groups is 1. The summed E-state index contributed by atoms with van der Waals surface area (Å²) in [7, 11) is 0. The number of nitrogens with zero attached hydrogens (tertiary/aromatic N) is 2. The fourth-order valence-electron chi connectivity index (χ4n) is 3.23. The van der Waals surface area contributed by atoms with Crippen LogP contribution in [0.15, 0.2) is 88.0 Å². The molecule has 0 saturated carbocycles. The zero-order valence-electron chi connectivity index (χ0n) is 16.8. The van der Waals surface area contributed by atoms with Gasteiger partial charge in [0.05, 0.1) is 12.3 Å². The van der Waals surface area contributed by atoms with E-state index in [1.165, 1.54) is 0 Å². The van der Waals surface area contributed by atoms with Crippen molar-refractivity contribution in [1.29, 1.82) is 0 Å². The van der Waals surface area contributed by atoms with Crippen molar-refractivity contribution in [2.24, 2.45) is 4.99 Å². The molecular weight excluding hydrogens is 440 g/mol. The maximum atomic E-state index is 13.3. The third kappa shape index (κ3) is 4.21. The van der Waals surface area contributed by atoms with E-state index in [2.05, 4.69) is 15.9 Å². The monoisotopic (exact) mass is 460 g/mol. The fourth-order valence-corrected chi connectivity index (χ4v) is 3.49. The van der Waals surface area contributed by atoms with Gasteiger partial charge in [0.2, 0.25) is 0 Å². The standard InChI is InChI=1S/C25H21BrN2O2/c1-3-30-22-14-12-21(13-15-22)28-24(19-8-4-17(2)5-9-19)27-23(25(28)29)16-18-6-10-20(26)11-7-18/h4-16H,3H2,1-2H3/b23-16-. The van der Waals surface area contributed by atoms with Crippen molar-refractivity contribution in [1.82, 2.24) is 0 Å². The van der Waals surface area contributed by atoms with Gasteiger partial charge >= 0.3 is 0 Å². The lowest BCUT2D eigenvalue weighted by atomic mass is 10.1. The van der Waals surface area contributed by atoms with Crippen molar-refractivity contribution in [3.05, 3.63) is 99.7 Å². The second-order valence-corrected chi connectivity index (χ2v) is 7.87. The summed E-state index contributed by atoms with van der Waals surface area (Å²) in [6.45, 7) is 4.58. The van der Waals surface area contributed by atoms with Crippen LogP contribution in [0.1, 0.15) is 23.6 Å². The third-order valence-electron chi connectivity index (χ3n) is 4.75. The number of hydrogen-bond acceptors (Lipinski definition) is 3.